The summed E-state index contributed by atoms with van der Waals surface area (Å²) in [5, 5.41) is 0. The Bertz CT molecular complexity index is 840. The molecule has 3 nitrogen and oxygen atoms in total. The molecule has 0 amide bonds. The van der Waals surface area contributed by atoms with Gasteiger partial charge in [-0.15, -0.1) is 0 Å². The number of carbonyl (C=O) groups is 1. The number of hydrogen-bond donors (Lipinski definition) is 0. The number of ketones is 1. The van der Waals surface area contributed by atoms with Crippen LogP contribution in [0.3, 0.4) is 0 Å². The summed E-state index contributed by atoms with van der Waals surface area (Å²) in [6.45, 7) is 8.25. The van der Waals surface area contributed by atoms with Crippen molar-refractivity contribution in [1.29, 1.82) is 0 Å². The van der Waals surface area contributed by atoms with Crippen LogP contribution in [0.1, 0.15) is 30.4 Å². The lowest BCUT2D eigenvalue weighted by Gasteiger charge is -2.16. The zero-order valence-corrected chi connectivity index (χ0v) is 16.6. The topological polar surface area (TPSA) is 35.5 Å². The van der Waals surface area contributed by atoms with Gasteiger partial charge in [-0.1, -0.05) is 49.6 Å². The highest BCUT2D eigenvalue weighted by Crippen LogP contribution is 2.28. The van der Waals surface area contributed by atoms with Crippen LogP contribution in [0.5, 0.6) is 11.5 Å². The summed E-state index contributed by atoms with van der Waals surface area (Å²) < 4.78 is 11.0. The lowest BCUT2D eigenvalue weighted by atomic mass is 9.87. The third-order valence-corrected chi connectivity index (χ3v) is 4.65. The fourth-order valence-electron chi connectivity index (χ4n) is 3.21. The van der Waals surface area contributed by atoms with E-state index in [2.05, 4.69) is 13.2 Å². The van der Waals surface area contributed by atoms with E-state index >= 15 is 0 Å². The molecule has 1 saturated carbocycles. The van der Waals surface area contributed by atoms with E-state index in [1.807, 2.05) is 60.7 Å². The van der Waals surface area contributed by atoms with Crippen molar-refractivity contribution in [2.75, 3.05) is 13.2 Å². The van der Waals surface area contributed by atoms with Crippen LogP contribution >= 0.6 is 0 Å². The van der Waals surface area contributed by atoms with E-state index in [4.69, 9.17) is 9.47 Å². The molecule has 0 atom stereocenters. The van der Waals surface area contributed by atoms with Gasteiger partial charge in [0.15, 0.2) is 5.78 Å². The molecule has 0 aromatic heterocycles. The minimum absolute atomic E-state index is 0.134. The van der Waals surface area contributed by atoms with Crippen molar-refractivity contribution in [3.05, 3.63) is 96.1 Å². The molecule has 0 unspecified atom stereocenters. The highest BCUT2D eigenvalue weighted by molar-refractivity contribution is 6.13. The quantitative estimate of drug-likeness (QED) is 0.410. The van der Waals surface area contributed by atoms with E-state index in [1.165, 1.54) is 0 Å². The third kappa shape index (κ3) is 5.82. The second-order valence-corrected chi connectivity index (χ2v) is 6.86. The zero-order valence-electron chi connectivity index (χ0n) is 16.6. The van der Waals surface area contributed by atoms with Gasteiger partial charge in [0.05, 0.1) is 0 Å². The molecule has 0 N–H and O–H groups in total. The van der Waals surface area contributed by atoms with Crippen LogP contribution < -0.4 is 9.47 Å². The Morgan fingerprint density at radius 1 is 0.724 bits per heavy atom. The van der Waals surface area contributed by atoms with Gasteiger partial charge in [0, 0.05) is 11.1 Å². The molecule has 0 spiro atoms. The summed E-state index contributed by atoms with van der Waals surface area (Å²) in [5.74, 6) is 1.72. The molecule has 29 heavy (non-hydrogen) atoms. The maximum absolute atomic E-state index is 12.9. The van der Waals surface area contributed by atoms with Gasteiger partial charge in [0.1, 0.15) is 24.7 Å². The molecular formula is C26H26O3. The number of allylic oxidation sites excluding steroid dienone is 2. The van der Waals surface area contributed by atoms with Gasteiger partial charge in [-0.2, -0.15) is 0 Å². The highest BCUT2D eigenvalue weighted by Gasteiger charge is 2.20. The molecule has 0 saturated heterocycles. The van der Waals surface area contributed by atoms with Crippen molar-refractivity contribution in [3.8, 4) is 11.5 Å². The average Bonchev–Trinajstić information content (AvgIpc) is 2.75. The number of rotatable bonds is 8. The molecule has 3 rings (SSSR count). The SMILES string of the molecule is C=CCOc1ccc(/C=C2\CCC/C(=C\c3ccc(OCC=C)cc3)C2=O)cc1. The van der Waals surface area contributed by atoms with Crippen LogP contribution in [-0.4, -0.2) is 19.0 Å². The van der Waals surface area contributed by atoms with Gasteiger partial charge in [-0.3, -0.25) is 4.79 Å². The lowest BCUT2D eigenvalue weighted by molar-refractivity contribution is -0.112. The number of carbonyl (C=O) groups excluding carboxylic acids is 1. The molecule has 0 bridgehead atoms. The summed E-state index contributed by atoms with van der Waals surface area (Å²) in [6.07, 6.45) is 9.99. The number of Topliss-reactive ketones (excluding diaryl/α,β-unsaturated/α-hetero) is 1. The molecule has 1 aliphatic carbocycles. The van der Waals surface area contributed by atoms with Crippen molar-refractivity contribution in [2.24, 2.45) is 0 Å². The second-order valence-electron chi connectivity index (χ2n) is 6.86. The maximum atomic E-state index is 12.9. The Kier molecular flexibility index (Phi) is 7.23. The predicted octanol–water partition coefficient (Wildman–Crippen LogP) is 6.04. The van der Waals surface area contributed by atoms with Crippen LogP contribution in [0.2, 0.25) is 0 Å². The Labute approximate surface area is 172 Å². The normalized spacial score (nSPS) is 16.6. The number of benzene rings is 2. The van der Waals surface area contributed by atoms with Crippen LogP contribution in [0, 0.1) is 0 Å². The fourth-order valence-corrected chi connectivity index (χ4v) is 3.21. The molecule has 1 fully saturated rings. The monoisotopic (exact) mass is 386 g/mol. The van der Waals surface area contributed by atoms with Crippen LogP contribution in [-0.2, 0) is 4.79 Å². The van der Waals surface area contributed by atoms with Crippen molar-refractivity contribution < 1.29 is 14.3 Å². The van der Waals surface area contributed by atoms with Gasteiger partial charge in [0.25, 0.3) is 0 Å². The molecule has 0 radical (unpaired) electrons. The molecule has 0 aliphatic heterocycles. The minimum Gasteiger partial charge on any atom is -0.490 e. The van der Waals surface area contributed by atoms with Crippen LogP contribution in [0.25, 0.3) is 12.2 Å². The Morgan fingerprint density at radius 2 is 1.14 bits per heavy atom. The summed E-state index contributed by atoms with van der Waals surface area (Å²) >= 11 is 0. The van der Waals surface area contributed by atoms with E-state index in [0.29, 0.717) is 13.2 Å². The highest BCUT2D eigenvalue weighted by atomic mass is 16.5. The molecule has 0 heterocycles. The maximum Gasteiger partial charge on any atom is 0.185 e. The average molecular weight is 386 g/mol. The summed E-state index contributed by atoms with van der Waals surface area (Å²) in [4.78, 5) is 12.9. The molecular weight excluding hydrogens is 360 g/mol. The van der Waals surface area contributed by atoms with Crippen molar-refractivity contribution in [3.63, 3.8) is 0 Å². The van der Waals surface area contributed by atoms with Crippen LogP contribution in [0.15, 0.2) is 85.0 Å². The van der Waals surface area contributed by atoms with Crippen LogP contribution in [0.4, 0.5) is 0 Å². The molecule has 3 heteroatoms. The van der Waals surface area contributed by atoms with E-state index in [1.54, 1.807) is 12.2 Å². The summed E-state index contributed by atoms with van der Waals surface area (Å²) in [6, 6.07) is 15.5. The predicted molar refractivity (Wildman–Crippen MR) is 119 cm³/mol. The first-order valence-electron chi connectivity index (χ1n) is 9.83. The fraction of sp³-hybridized carbons (Fsp3) is 0.192. The van der Waals surface area contributed by atoms with E-state index in [0.717, 1.165) is 53.0 Å². The Balaban J connectivity index is 1.72. The van der Waals surface area contributed by atoms with E-state index in [9.17, 15) is 4.79 Å². The first-order valence-corrected chi connectivity index (χ1v) is 9.83. The van der Waals surface area contributed by atoms with Gasteiger partial charge in [0.2, 0.25) is 0 Å². The third-order valence-electron chi connectivity index (χ3n) is 4.65. The largest absolute Gasteiger partial charge is 0.490 e. The molecule has 148 valence electrons. The van der Waals surface area contributed by atoms with Gasteiger partial charge >= 0.3 is 0 Å². The van der Waals surface area contributed by atoms with Gasteiger partial charge in [-0.05, 0) is 66.8 Å². The lowest BCUT2D eigenvalue weighted by Crippen LogP contribution is -2.12. The second kappa shape index (κ2) is 10.3. The minimum atomic E-state index is 0.134. The van der Waals surface area contributed by atoms with E-state index < -0.39 is 0 Å². The zero-order chi connectivity index (χ0) is 20.5. The Morgan fingerprint density at radius 3 is 1.52 bits per heavy atom. The van der Waals surface area contributed by atoms with Gasteiger partial charge in [-0.25, -0.2) is 0 Å². The summed E-state index contributed by atoms with van der Waals surface area (Å²) in [5.41, 5.74) is 3.72. The Hall–Kier alpha value is -3.33. The molecule has 2 aromatic carbocycles. The van der Waals surface area contributed by atoms with E-state index in [-0.39, 0.29) is 5.78 Å². The number of ether oxygens (including phenoxy) is 2. The standard InChI is InChI=1S/C26H26O3/c1-3-16-28-24-12-8-20(9-13-24)18-22-6-5-7-23(26(22)27)19-21-10-14-25(15-11-21)29-17-4-2/h3-4,8-15,18-19H,1-2,5-7,16-17H2/b22-18+,23-19+. The number of hydrogen-bond acceptors (Lipinski definition) is 3. The molecule has 2 aromatic rings. The van der Waals surface area contributed by atoms with Crippen molar-refractivity contribution in [1.82, 2.24) is 0 Å². The first kappa shape index (κ1) is 20.4. The van der Waals surface area contributed by atoms with Crippen molar-refractivity contribution in [2.45, 2.75) is 19.3 Å². The summed E-state index contributed by atoms with van der Waals surface area (Å²) in [7, 11) is 0. The van der Waals surface area contributed by atoms with Gasteiger partial charge < -0.3 is 9.47 Å². The van der Waals surface area contributed by atoms with Crippen molar-refractivity contribution >= 4 is 17.9 Å². The molecule has 1 aliphatic rings. The smallest absolute Gasteiger partial charge is 0.185 e. The first-order chi connectivity index (χ1) is 14.2.